The Morgan fingerprint density at radius 3 is 2.54 bits per heavy atom. The van der Waals surface area contributed by atoms with Crippen molar-refractivity contribution in [3.8, 4) is 11.3 Å². The lowest BCUT2D eigenvalue weighted by Crippen LogP contribution is -2.32. The van der Waals surface area contributed by atoms with Crippen LogP contribution in [0.5, 0.6) is 0 Å². The molecule has 0 fully saturated rings. The molecule has 8 heteroatoms. The van der Waals surface area contributed by atoms with E-state index < -0.39 is 23.8 Å². The number of rotatable bonds is 3. The van der Waals surface area contributed by atoms with E-state index >= 15 is 0 Å². The second-order valence-electron chi connectivity index (χ2n) is 8.02. The summed E-state index contributed by atoms with van der Waals surface area (Å²) >= 11 is 0. The van der Waals surface area contributed by atoms with Crippen molar-refractivity contribution in [3.63, 3.8) is 0 Å². The topological polar surface area (TPSA) is 56.1 Å². The molecule has 1 N–H and O–H groups in total. The number of aromatic nitrogens is 2. The summed E-state index contributed by atoms with van der Waals surface area (Å²) in [6, 6.07) is 7.40. The zero-order chi connectivity index (χ0) is 20.5. The number of carbonyl (C=O) groups excluding carboxylic acids is 1. The fraction of sp³-hybridized carbons (Fsp3) is 0.500. The lowest BCUT2D eigenvalue weighted by Gasteiger charge is -2.25. The number of nitrogens with zero attached hydrogens (tertiary/aromatic N) is 2. The van der Waals surface area contributed by atoms with Crippen molar-refractivity contribution in [1.29, 1.82) is 0 Å². The minimum Gasteiger partial charge on any atom is -0.444 e. The van der Waals surface area contributed by atoms with Gasteiger partial charge in [0.2, 0.25) is 0 Å². The minimum absolute atomic E-state index is 0.0820. The largest absolute Gasteiger partial charge is 0.444 e. The number of alkyl carbamates (subject to hydrolysis) is 1. The number of hydrogen-bond acceptors (Lipinski definition) is 3. The molecule has 2 aromatic rings. The van der Waals surface area contributed by atoms with E-state index in [2.05, 4.69) is 10.3 Å². The molecule has 0 bridgehead atoms. The van der Waals surface area contributed by atoms with E-state index in [0.29, 0.717) is 24.6 Å². The summed E-state index contributed by atoms with van der Waals surface area (Å²) in [5.41, 5.74) is 1.81. The molecule has 1 atom stereocenters. The lowest BCUT2D eigenvalue weighted by atomic mass is 9.97. The molecule has 28 heavy (non-hydrogen) atoms. The Morgan fingerprint density at radius 2 is 1.93 bits per heavy atom. The summed E-state index contributed by atoms with van der Waals surface area (Å²) in [6.07, 6.45) is -2.86. The fourth-order valence-corrected chi connectivity index (χ4v) is 3.13. The summed E-state index contributed by atoms with van der Waals surface area (Å²) in [7, 11) is 0. The van der Waals surface area contributed by atoms with Crippen molar-refractivity contribution in [2.75, 3.05) is 0 Å². The van der Waals surface area contributed by atoms with Gasteiger partial charge in [-0.25, -0.2) is 9.78 Å². The highest BCUT2D eigenvalue weighted by atomic mass is 19.4. The van der Waals surface area contributed by atoms with Crippen LogP contribution in [0.2, 0.25) is 0 Å². The van der Waals surface area contributed by atoms with E-state index in [1.54, 1.807) is 31.5 Å². The smallest absolute Gasteiger partial charge is 0.407 e. The van der Waals surface area contributed by atoms with Gasteiger partial charge in [-0.1, -0.05) is 24.3 Å². The van der Waals surface area contributed by atoms with Crippen LogP contribution in [0.25, 0.3) is 11.3 Å². The monoisotopic (exact) mass is 395 g/mol. The summed E-state index contributed by atoms with van der Waals surface area (Å²) in [5.74, 6) is -0.851. The van der Waals surface area contributed by atoms with E-state index in [-0.39, 0.29) is 12.8 Å². The minimum atomic E-state index is -4.18. The van der Waals surface area contributed by atoms with Gasteiger partial charge in [0.1, 0.15) is 11.4 Å². The molecule has 0 radical (unpaired) electrons. The van der Waals surface area contributed by atoms with Gasteiger partial charge in [-0.05, 0) is 32.8 Å². The SMILES string of the molecule is CC(C)(C)OC(=O)NCc1ccc(-c2cn3c(n2)CC(C(F)(F)F)CC3)cc1. The lowest BCUT2D eigenvalue weighted by molar-refractivity contribution is -0.179. The fourth-order valence-electron chi connectivity index (χ4n) is 3.13. The van der Waals surface area contributed by atoms with Crippen LogP contribution in [0.3, 0.4) is 0 Å². The number of alkyl halides is 3. The molecule has 1 aromatic heterocycles. The third-order valence-electron chi connectivity index (χ3n) is 4.55. The molecule has 1 amide bonds. The number of halogens is 3. The number of carbonyl (C=O) groups is 1. The number of aryl methyl sites for hydroxylation is 1. The number of ether oxygens (including phenoxy) is 1. The van der Waals surface area contributed by atoms with E-state index in [4.69, 9.17) is 4.74 Å². The Bertz CT molecular complexity index is 836. The molecule has 1 unspecified atom stereocenters. The Labute approximate surface area is 161 Å². The second-order valence-corrected chi connectivity index (χ2v) is 8.02. The van der Waals surface area contributed by atoms with Crippen molar-refractivity contribution in [1.82, 2.24) is 14.9 Å². The van der Waals surface area contributed by atoms with Gasteiger partial charge in [0, 0.05) is 31.3 Å². The van der Waals surface area contributed by atoms with Crippen LogP contribution >= 0.6 is 0 Å². The molecular weight excluding hydrogens is 371 g/mol. The Morgan fingerprint density at radius 1 is 1.25 bits per heavy atom. The number of fused-ring (bicyclic) bond motifs is 1. The van der Waals surface area contributed by atoms with Gasteiger partial charge < -0.3 is 14.6 Å². The van der Waals surface area contributed by atoms with Crippen molar-refractivity contribution < 1.29 is 22.7 Å². The maximum atomic E-state index is 13.0. The van der Waals surface area contributed by atoms with Gasteiger partial charge >= 0.3 is 12.3 Å². The molecule has 1 aliphatic rings. The first-order chi connectivity index (χ1) is 13.0. The zero-order valence-electron chi connectivity index (χ0n) is 16.1. The third-order valence-corrected chi connectivity index (χ3v) is 4.55. The molecule has 1 aliphatic heterocycles. The van der Waals surface area contributed by atoms with Crippen molar-refractivity contribution in [3.05, 3.63) is 41.9 Å². The summed E-state index contributed by atoms with van der Waals surface area (Å²) in [4.78, 5) is 16.1. The van der Waals surface area contributed by atoms with Gasteiger partial charge in [-0.3, -0.25) is 0 Å². The third kappa shape index (κ3) is 5.05. The quantitative estimate of drug-likeness (QED) is 0.820. The highest BCUT2D eigenvalue weighted by Gasteiger charge is 2.41. The van der Waals surface area contributed by atoms with Crippen molar-refractivity contribution in [2.45, 2.75) is 58.5 Å². The summed E-state index contributed by atoms with van der Waals surface area (Å²) in [5, 5.41) is 2.69. The molecule has 5 nitrogen and oxygen atoms in total. The molecule has 2 heterocycles. The Kier molecular flexibility index (Phi) is 5.41. The number of hydrogen-bond donors (Lipinski definition) is 1. The van der Waals surface area contributed by atoms with Crippen LogP contribution in [0, 0.1) is 5.92 Å². The molecule has 3 rings (SSSR count). The van der Waals surface area contributed by atoms with Crippen LogP contribution in [-0.2, 0) is 24.2 Å². The van der Waals surface area contributed by atoms with Crippen molar-refractivity contribution >= 4 is 6.09 Å². The molecule has 1 aromatic carbocycles. The molecular formula is C20H24F3N3O2. The molecule has 0 saturated carbocycles. The molecule has 152 valence electrons. The number of amides is 1. The standard InChI is InChI=1S/C20H24F3N3O2/c1-19(2,3)28-18(27)24-11-13-4-6-14(7-5-13)16-12-26-9-8-15(20(21,22)23)10-17(26)25-16/h4-7,12,15H,8-11H2,1-3H3,(H,24,27). The number of imidazole rings is 1. The van der Waals surface area contributed by atoms with Crippen molar-refractivity contribution in [2.24, 2.45) is 5.92 Å². The molecule has 0 aliphatic carbocycles. The predicted octanol–water partition coefficient (Wildman–Crippen LogP) is 4.70. The van der Waals surface area contributed by atoms with Gasteiger partial charge in [0.25, 0.3) is 0 Å². The van der Waals surface area contributed by atoms with E-state index in [1.165, 1.54) is 0 Å². The van der Waals surface area contributed by atoms with Crippen LogP contribution in [0.1, 0.15) is 38.6 Å². The highest BCUT2D eigenvalue weighted by molar-refractivity contribution is 5.67. The number of benzene rings is 1. The van der Waals surface area contributed by atoms with E-state index in [9.17, 15) is 18.0 Å². The second kappa shape index (κ2) is 7.48. The van der Waals surface area contributed by atoms with Gasteiger partial charge in [0.05, 0.1) is 11.6 Å². The summed E-state index contributed by atoms with van der Waals surface area (Å²) in [6.45, 7) is 6.03. The molecule has 0 spiro atoms. The summed E-state index contributed by atoms with van der Waals surface area (Å²) < 4.78 is 45.9. The van der Waals surface area contributed by atoms with Gasteiger partial charge in [-0.15, -0.1) is 0 Å². The maximum Gasteiger partial charge on any atom is 0.407 e. The first-order valence-corrected chi connectivity index (χ1v) is 9.20. The normalized spacial score (nSPS) is 17.1. The van der Waals surface area contributed by atoms with Gasteiger partial charge in [0.15, 0.2) is 0 Å². The zero-order valence-corrected chi connectivity index (χ0v) is 16.1. The average molecular weight is 395 g/mol. The van der Waals surface area contributed by atoms with Gasteiger partial charge in [-0.2, -0.15) is 13.2 Å². The maximum absolute atomic E-state index is 13.0. The predicted molar refractivity (Wildman–Crippen MR) is 98.6 cm³/mol. The Balaban J connectivity index is 1.63. The molecule has 0 saturated heterocycles. The average Bonchev–Trinajstić information content (AvgIpc) is 3.01. The van der Waals surface area contributed by atoms with Crippen LogP contribution in [0.4, 0.5) is 18.0 Å². The van der Waals surface area contributed by atoms with Crippen LogP contribution in [-0.4, -0.2) is 27.4 Å². The van der Waals surface area contributed by atoms with Crippen LogP contribution < -0.4 is 5.32 Å². The number of nitrogens with one attached hydrogen (secondary N) is 1. The van der Waals surface area contributed by atoms with E-state index in [0.717, 1.165) is 11.1 Å². The van der Waals surface area contributed by atoms with Crippen LogP contribution in [0.15, 0.2) is 30.5 Å². The first-order valence-electron chi connectivity index (χ1n) is 9.20. The Hall–Kier alpha value is -2.51. The highest BCUT2D eigenvalue weighted by Crippen LogP contribution is 2.35. The van der Waals surface area contributed by atoms with E-state index in [1.807, 2.05) is 24.3 Å². The first kappa shape index (κ1) is 20.2.